The third-order valence-corrected chi connectivity index (χ3v) is 4.83. The Morgan fingerprint density at radius 1 is 1.15 bits per heavy atom. The summed E-state index contributed by atoms with van der Waals surface area (Å²) in [5.74, 6) is -1.37. The number of carbonyl (C=O) groups is 2. The molecule has 3 rings (SSSR count). The molecule has 1 saturated heterocycles. The van der Waals surface area contributed by atoms with Crippen LogP contribution in [0.3, 0.4) is 0 Å². The van der Waals surface area contributed by atoms with E-state index in [0.29, 0.717) is 30.5 Å². The number of rotatable bonds is 5. The number of nitrogens with one attached hydrogen (secondary N) is 2. The first kappa shape index (κ1) is 19.4. The van der Waals surface area contributed by atoms with Crippen molar-refractivity contribution in [2.45, 2.75) is 6.04 Å². The van der Waals surface area contributed by atoms with Crippen LogP contribution in [0.15, 0.2) is 42.6 Å². The normalized spacial score (nSPS) is 15.9. The third-order valence-electron chi connectivity index (χ3n) is 4.58. The number of halogens is 1. The molecule has 1 unspecified atom stereocenters. The highest BCUT2D eigenvalue weighted by molar-refractivity contribution is 6.39. The smallest absolute Gasteiger partial charge is 0.313 e. The Bertz CT molecular complexity index is 785. The van der Waals surface area contributed by atoms with Gasteiger partial charge in [-0.25, -0.2) is 0 Å². The molecule has 0 spiro atoms. The van der Waals surface area contributed by atoms with E-state index in [0.717, 1.165) is 18.8 Å². The first-order valence-corrected chi connectivity index (χ1v) is 9.20. The van der Waals surface area contributed by atoms with E-state index in [1.165, 1.54) is 0 Å². The van der Waals surface area contributed by atoms with Crippen LogP contribution in [-0.2, 0) is 21.4 Å². The molecule has 2 aromatic rings. The van der Waals surface area contributed by atoms with Crippen LogP contribution in [0.1, 0.15) is 11.7 Å². The molecule has 1 aliphatic heterocycles. The number of amides is 2. The lowest BCUT2D eigenvalue weighted by Gasteiger charge is -2.34. The highest BCUT2D eigenvalue weighted by Gasteiger charge is 2.26. The van der Waals surface area contributed by atoms with E-state index >= 15 is 0 Å². The van der Waals surface area contributed by atoms with Gasteiger partial charge in [-0.05, 0) is 36.4 Å². The van der Waals surface area contributed by atoms with Gasteiger partial charge in [0.25, 0.3) is 0 Å². The molecule has 2 amide bonds. The average Bonchev–Trinajstić information content (AvgIpc) is 3.10. The van der Waals surface area contributed by atoms with Crippen LogP contribution in [0, 0.1) is 0 Å². The minimum Gasteiger partial charge on any atom is -0.379 e. The van der Waals surface area contributed by atoms with Gasteiger partial charge in [-0.15, -0.1) is 0 Å². The van der Waals surface area contributed by atoms with Crippen LogP contribution in [0.5, 0.6) is 0 Å². The number of aryl methyl sites for hydroxylation is 1. The zero-order valence-corrected chi connectivity index (χ0v) is 15.9. The van der Waals surface area contributed by atoms with Gasteiger partial charge in [0.2, 0.25) is 0 Å². The monoisotopic (exact) mass is 390 g/mol. The topological polar surface area (TPSA) is 75.6 Å². The van der Waals surface area contributed by atoms with Crippen LogP contribution in [0.25, 0.3) is 0 Å². The van der Waals surface area contributed by atoms with Gasteiger partial charge in [0.1, 0.15) is 0 Å². The molecule has 0 bridgehead atoms. The van der Waals surface area contributed by atoms with E-state index in [-0.39, 0.29) is 6.04 Å². The summed E-state index contributed by atoms with van der Waals surface area (Å²) >= 11 is 5.82. The Kier molecular flexibility index (Phi) is 6.49. The van der Waals surface area contributed by atoms with Gasteiger partial charge in [-0.2, -0.15) is 0 Å². The van der Waals surface area contributed by atoms with E-state index < -0.39 is 11.8 Å². The van der Waals surface area contributed by atoms with Gasteiger partial charge < -0.3 is 19.9 Å². The SMILES string of the molecule is Cn1cccc1C(CNC(=O)C(=O)Nc1ccc(Cl)cc1)N1CCOCC1. The molecule has 0 radical (unpaired) electrons. The first-order valence-electron chi connectivity index (χ1n) is 8.82. The predicted molar refractivity (Wildman–Crippen MR) is 104 cm³/mol. The Morgan fingerprint density at radius 2 is 1.85 bits per heavy atom. The summed E-state index contributed by atoms with van der Waals surface area (Å²) in [6.07, 6.45) is 1.97. The van der Waals surface area contributed by atoms with Gasteiger partial charge >= 0.3 is 11.8 Å². The number of hydrogen-bond donors (Lipinski definition) is 2. The van der Waals surface area contributed by atoms with E-state index in [9.17, 15) is 9.59 Å². The Balaban J connectivity index is 1.62. The van der Waals surface area contributed by atoms with Crippen LogP contribution in [-0.4, -0.2) is 54.1 Å². The second-order valence-electron chi connectivity index (χ2n) is 6.38. The molecule has 2 N–H and O–H groups in total. The van der Waals surface area contributed by atoms with Crippen molar-refractivity contribution >= 4 is 29.1 Å². The Morgan fingerprint density at radius 3 is 2.48 bits per heavy atom. The van der Waals surface area contributed by atoms with E-state index in [1.807, 2.05) is 29.9 Å². The molecule has 144 valence electrons. The highest BCUT2D eigenvalue weighted by Crippen LogP contribution is 2.21. The van der Waals surface area contributed by atoms with Crippen LogP contribution < -0.4 is 10.6 Å². The van der Waals surface area contributed by atoms with Crippen molar-refractivity contribution in [3.05, 3.63) is 53.3 Å². The van der Waals surface area contributed by atoms with E-state index in [4.69, 9.17) is 16.3 Å². The number of aromatic nitrogens is 1. The lowest BCUT2D eigenvalue weighted by atomic mass is 10.1. The minimum atomic E-state index is -0.704. The maximum absolute atomic E-state index is 12.3. The van der Waals surface area contributed by atoms with Crippen LogP contribution in [0.2, 0.25) is 5.02 Å². The molecular formula is C19H23ClN4O3. The van der Waals surface area contributed by atoms with Crippen molar-refractivity contribution < 1.29 is 14.3 Å². The standard InChI is InChI=1S/C19H23ClN4O3/c1-23-8-2-3-16(23)17(24-9-11-27-12-10-24)13-21-18(25)19(26)22-15-6-4-14(20)5-7-15/h2-8,17H,9-13H2,1H3,(H,21,25)(H,22,26). The molecule has 1 atom stereocenters. The fourth-order valence-corrected chi connectivity index (χ4v) is 3.25. The molecule has 1 aliphatic rings. The number of carbonyl (C=O) groups excluding carboxylic acids is 2. The fourth-order valence-electron chi connectivity index (χ4n) is 3.12. The summed E-state index contributed by atoms with van der Waals surface area (Å²) in [5, 5.41) is 5.89. The van der Waals surface area contributed by atoms with Gasteiger partial charge in [0, 0.05) is 49.3 Å². The molecule has 1 aromatic carbocycles. The summed E-state index contributed by atoms with van der Waals surface area (Å²) in [6.45, 7) is 3.22. The molecule has 8 heteroatoms. The molecule has 1 fully saturated rings. The van der Waals surface area contributed by atoms with Gasteiger partial charge in [0.05, 0.1) is 19.3 Å². The average molecular weight is 391 g/mol. The number of hydrogen-bond acceptors (Lipinski definition) is 4. The largest absolute Gasteiger partial charge is 0.379 e. The third kappa shape index (κ3) is 5.09. The summed E-state index contributed by atoms with van der Waals surface area (Å²) in [4.78, 5) is 26.7. The molecule has 0 aliphatic carbocycles. The van der Waals surface area contributed by atoms with Gasteiger partial charge in [0.15, 0.2) is 0 Å². The highest BCUT2D eigenvalue weighted by atomic mass is 35.5. The van der Waals surface area contributed by atoms with E-state index in [1.54, 1.807) is 24.3 Å². The van der Waals surface area contributed by atoms with Gasteiger partial charge in [-0.1, -0.05) is 11.6 Å². The number of morpholine rings is 1. The molecule has 0 saturated carbocycles. The number of ether oxygens (including phenoxy) is 1. The zero-order valence-electron chi connectivity index (χ0n) is 15.2. The van der Waals surface area contributed by atoms with Crippen molar-refractivity contribution in [1.82, 2.24) is 14.8 Å². The van der Waals surface area contributed by atoms with Crippen molar-refractivity contribution in [1.29, 1.82) is 0 Å². The fraction of sp³-hybridized carbons (Fsp3) is 0.368. The summed E-state index contributed by atoms with van der Waals surface area (Å²) in [6, 6.07) is 10.6. The predicted octanol–water partition coefficient (Wildman–Crippen LogP) is 1.81. The molecule has 7 nitrogen and oxygen atoms in total. The summed E-state index contributed by atoms with van der Waals surface area (Å²) in [7, 11) is 1.97. The molecule has 2 heterocycles. The number of nitrogens with zero attached hydrogens (tertiary/aromatic N) is 2. The van der Waals surface area contributed by atoms with Crippen LogP contribution >= 0.6 is 11.6 Å². The lowest BCUT2D eigenvalue weighted by Crippen LogP contribution is -2.46. The Labute approximate surface area is 163 Å². The zero-order chi connectivity index (χ0) is 19.2. The van der Waals surface area contributed by atoms with Gasteiger partial charge in [-0.3, -0.25) is 14.5 Å². The maximum Gasteiger partial charge on any atom is 0.313 e. The second kappa shape index (κ2) is 9.03. The maximum atomic E-state index is 12.3. The van der Waals surface area contributed by atoms with Crippen molar-refractivity contribution in [2.24, 2.45) is 7.05 Å². The summed E-state index contributed by atoms with van der Waals surface area (Å²) in [5.41, 5.74) is 1.60. The molecule has 1 aromatic heterocycles. The minimum absolute atomic E-state index is 0.0267. The molecule has 27 heavy (non-hydrogen) atoms. The second-order valence-corrected chi connectivity index (χ2v) is 6.82. The quantitative estimate of drug-likeness (QED) is 0.763. The molecular weight excluding hydrogens is 368 g/mol. The van der Waals surface area contributed by atoms with Crippen LogP contribution in [0.4, 0.5) is 5.69 Å². The van der Waals surface area contributed by atoms with E-state index in [2.05, 4.69) is 15.5 Å². The van der Waals surface area contributed by atoms with Crippen molar-refractivity contribution in [2.75, 3.05) is 38.2 Å². The summed E-state index contributed by atoms with van der Waals surface area (Å²) < 4.78 is 7.45. The van der Waals surface area contributed by atoms with Crippen molar-refractivity contribution in [3.63, 3.8) is 0 Å². The first-order chi connectivity index (χ1) is 13.0. The van der Waals surface area contributed by atoms with Crippen molar-refractivity contribution in [3.8, 4) is 0 Å². The number of anilines is 1. The number of benzene rings is 1. The lowest BCUT2D eigenvalue weighted by molar-refractivity contribution is -0.136. The Hall–Kier alpha value is -2.35.